The lowest BCUT2D eigenvalue weighted by Crippen LogP contribution is -2.38. The number of amides is 2. The molecular weight excluding hydrogens is 499 g/mol. The molecule has 4 heterocycles. The van der Waals surface area contributed by atoms with Crippen LogP contribution in [0.3, 0.4) is 0 Å². The average molecular weight is 524 g/mol. The molecule has 1 fully saturated rings. The van der Waals surface area contributed by atoms with Crippen LogP contribution >= 0.6 is 0 Å². The number of halogens is 3. The highest BCUT2D eigenvalue weighted by molar-refractivity contribution is 6.10. The summed E-state index contributed by atoms with van der Waals surface area (Å²) in [4.78, 5) is 38.5. The number of fused-ring (bicyclic) bond motifs is 1. The number of rotatable bonds is 6. The van der Waals surface area contributed by atoms with Gasteiger partial charge in [-0.3, -0.25) is 14.6 Å². The smallest absolute Gasteiger partial charge is 0.422 e. The molecule has 0 atom stereocenters. The number of benzene rings is 1. The van der Waals surface area contributed by atoms with E-state index < -0.39 is 12.8 Å². The summed E-state index contributed by atoms with van der Waals surface area (Å²) in [5.74, 6) is -0.648. The summed E-state index contributed by atoms with van der Waals surface area (Å²) in [6, 6.07) is 15.4. The Balaban J connectivity index is 1.16. The quantitative estimate of drug-likeness (QED) is 0.363. The van der Waals surface area contributed by atoms with Crippen LogP contribution in [0.5, 0.6) is 5.88 Å². The predicted octanol–water partition coefficient (Wildman–Crippen LogP) is 5.17. The molecule has 1 saturated heterocycles. The Morgan fingerprint density at radius 3 is 2.55 bits per heavy atom. The number of carbonyl (C=O) groups excluding carboxylic acids is 2. The number of carbonyl (C=O) groups is 2. The summed E-state index contributed by atoms with van der Waals surface area (Å²) in [5.41, 5.74) is 2.98. The van der Waals surface area contributed by atoms with E-state index in [-0.39, 0.29) is 29.3 Å². The number of aromatic amines is 1. The molecule has 8 nitrogen and oxygen atoms in total. The lowest BCUT2D eigenvalue weighted by Gasteiger charge is -2.32. The molecule has 1 aliphatic heterocycles. The molecule has 2 amide bonds. The second-order valence-electron chi connectivity index (χ2n) is 9.01. The van der Waals surface area contributed by atoms with Crippen LogP contribution in [0.2, 0.25) is 0 Å². The van der Waals surface area contributed by atoms with Crippen molar-refractivity contribution in [1.82, 2.24) is 19.9 Å². The molecule has 1 aliphatic rings. The zero-order valence-electron chi connectivity index (χ0n) is 20.2. The lowest BCUT2D eigenvalue weighted by molar-refractivity contribution is -0.154. The van der Waals surface area contributed by atoms with E-state index in [4.69, 9.17) is 0 Å². The number of anilines is 1. The van der Waals surface area contributed by atoms with Crippen molar-refractivity contribution in [1.29, 1.82) is 0 Å². The molecule has 0 spiro atoms. The number of piperidine rings is 1. The third-order valence-electron chi connectivity index (χ3n) is 6.44. The number of nitrogens with zero attached hydrogens (tertiary/aromatic N) is 3. The zero-order chi connectivity index (χ0) is 26.7. The Morgan fingerprint density at radius 2 is 1.82 bits per heavy atom. The SMILES string of the molecule is O=C(Nc1ccc(C2CCN(C(=O)c3cccc(OCC(F)(F)F)n3)CC2)cc1)c1nccc2[nH]ccc12. The Hall–Kier alpha value is -4.41. The highest BCUT2D eigenvalue weighted by Gasteiger charge is 2.29. The maximum atomic E-state index is 12.9. The van der Waals surface area contributed by atoms with Crippen molar-refractivity contribution in [3.05, 3.63) is 83.9 Å². The highest BCUT2D eigenvalue weighted by Crippen LogP contribution is 2.30. The topological polar surface area (TPSA) is 100 Å². The van der Waals surface area contributed by atoms with E-state index in [0.717, 1.165) is 29.3 Å². The third-order valence-corrected chi connectivity index (χ3v) is 6.44. The summed E-state index contributed by atoms with van der Waals surface area (Å²) in [7, 11) is 0. The first-order valence-electron chi connectivity index (χ1n) is 12.1. The second-order valence-corrected chi connectivity index (χ2v) is 9.01. The molecule has 5 rings (SSSR count). The highest BCUT2D eigenvalue weighted by atomic mass is 19.4. The van der Waals surface area contributed by atoms with Gasteiger partial charge in [-0.1, -0.05) is 18.2 Å². The molecule has 11 heteroatoms. The van der Waals surface area contributed by atoms with Crippen LogP contribution in [0.15, 0.2) is 67.0 Å². The molecule has 2 N–H and O–H groups in total. The van der Waals surface area contributed by atoms with Crippen LogP contribution in [-0.4, -0.2) is 57.5 Å². The lowest BCUT2D eigenvalue weighted by atomic mass is 9.89. The van der Waals surface area contributed by atoms with Gasteiger partial charge >= 0.3 is 6.18 Å². The first-order valence-corrected chi connectivity index (χ1v) is 12.1. The first kappa shape index (κ1) is 25.2. The summed E-state index contributed by atoms with van der Waals surface area (Å²) < 4.78 is 41.9. The van der Waals surface area contributed by atoms with E-state index in [1.807, 2.05) is 30.3 Å². The Kier molecular flexibility index (Phi) is 6.99. The van der Waals surface area contributed by atoms with Gasteiger partial charge in [-0.2, -0.15) is 13.2 Å². The second kappa shape index (κ2) is 10.5. The number of hydrogen-bond donors (Lipinski definition) is 2. The van der Waals surface area contributed by atoms with Gasteiger partial charge in [0.1, 0.15) is 11.4 Å². The van der Waals surface area contributed by atoms with Crippen LogP contribution in [0.1, 0.15) is 45.3 Å². The fourth-order valence-electron chi connectivity index (χ4n) is 4.54. The number of alkyl halides is 3. The molecular formula is C27H24F3N5O3. The molecule has 196 valence electrons. The largest absolute Gasteiger partial charge is 0.468 e. The molecule has 4 aromatic rings. The number of pyridine rings is 2. The van der Waals surface area contributed by atoms with Crippen molar-refractivity contribution in [3.8, 4) is 5.88 Å². The van der Waals surface area contributed by atoms with Gasteiger partial charge in [-0.15, -0.1) is 0 Å². The van der Waals surface area contributed by atoms with E-state index >= 15 is 0 Å². The van der Waals surface area contributed by atoms with Crippen molar-refractivity contribution in [3.63, 3.8) is 0 Å². The number of nitrogens with one attached hydrogen (secondary N) is 2. The normalized spacial score (nSPS) is 14.4. The fraction of sp³-hybridized carbons (Fsp3) is 0.259. The maximum Gasteiger partial charge on any atom is 0.422 e. The Morgan fingerprint density at radius 1 is 1.05 bits per heavy atom. The summed E-state index contributed by atoms with van der Waals surface area (Å²) in [6.07, 6.45) is 0.309. The van der Waals surface area contributed by atoms with Gasteiger partial charge in [0.15, 0.2) is 6.61 Å². The first-order chi connectivity index (χ1) is 18.3. The minimum absolute atomic E-state index is 0.0491. The summed E-state index contributed by atoms with van der Waals surface area (Å²) in [5, 5.41) is 3.63. The van der Waals surface area contributed by atoms with E-state index in [0.29, 0.717) is 24.5 Å². The van der Waals surface area contributed by atoms with Crippen molar-refractivity contribution in [2.75, 3.05) is 25.0 Å². The Labute approximate surface area is 215 Å². The van der Waals surface area contributed by atoms with Crippen LogP contribution in [0.25, 0.3) is 10.9 Å². The van der Waals surface area contributed by atoms with Crippen molar-refractivity contribution in [2.45, 2.75) is 24.9 Å². The van der Waals surface area contributed by atoms with Crippen LogP contribution in [0.4, 0.5) is 18.9 Å². The molecule has 0 saturated carbocycles. The van der Waals surface area contributed by atoms with E-state index in [1.54, 1.807) is 23.4 Å². The number of ether oxygens (including phenoxy) is 1. The maximum absolute atomic E-state index is 12.9. The van der Waals surface area contributed by atoms with Crippen LogP contribution < -0.4 is 10.1 Å². The summed E-state index contributed by atoms with van der Waals surface area (Å²) in [6.45, 7) is -0.487. The number of aromatic nitrogens is 3. The minimum atomic E-state index is -4.48. The molecule has 1 aromatic carbocycles. The van der Waals surface area contributed by atoms with E-state index in [1.165, 1.54) is 18.2 Å². The number of H-pyrrole nitrogens is 1. The van der Waals surface area contributed by atoms with E-state index in [9.17, 15) is 22.8 Å². The molecule has 0 bridgehead atoms. The van der Waals surface area contributed by atoms with Crippen LogP contribution in [0, 0.1) is 0 Å². The van der Waals surface area contributed by atoms with Gasteiger partial charge in [0, 0.05) is 48.1 Å². The van der Waals surface area contributed by atoms with Gasteiger partial charge in [0.25, 0.3) is 11.8 Å². The Bertz CT molecular complexity index is 1440. The molecule has 0 radical (unpaired) electrons. The fourth-order valence-corrected chi connectivity index (χ4v) is 4.54. The van der Waals surface area contributed by atoms with Crippen molar-refractivity contribution in [2.24, 2.45) is 0 Å². The summed E-state index contributed by atoms with van der Waals surface area (Å²) >= 11 is 0. The van der Waals surface area contributed by atoms with Gasteiger partial charge in [0.05, 0.1) is 0 Å². The monoisotopic (exact) mass is 523 g/mol. The molecule has 0 aliphatic carbocycles. The van der Waals surface area contributed by atoms with E-state index in [2.05, 4.69) is 25.0 Å². The average Bonchev–Trinajstić information content (AvgIpc) is 3.41. The molecule has 0 unspecified atom stereocenters. The zero-order valence-corrected chi connectivity index (χ0v) is 20.2. The molecule has 3 aromatic heterocycles. The predicted molar refractivity (Wildman–Crippen MR) is 134 cm³/mol. The van der Waals surface area contributed by atoms with Gasteiger partial charge in [0.2, 0.25) is 5.88 Å². The van der Waals surface area contributed by atoms with Gasteiger partial charge in [-0.05, 0) is 54.7 Å². The third kappa shape index (κ3) is 5.77. The number of likely N-dealkylation sites (tertiary alicyclic amines) is 1. The standard InChI is InChI=1S/C27H24F3N5O3/c28-27(29,30)16-38-23-3-1-2-22(34-23)26(37)35-14-10-18(11-15-35)17-4-6-19(7-5-17)33-25(36)24-20-8-12-31-21(20)9-13-32-24/h1-9,12-13,18,31H,10-11,14-16H2,(H,33,36). The van der Waals surface area contributed by atoms with Crippen molar-refractivity contribution < 1.29 is 27.5 Å². The van der Waals surface area contributed by atoms with Crippen LogP contribution in [-0.2, 0) is 0 Å². The minimum Gasteiger partial charge on any atom is -0.468 e. The van der Waals surface area contributed by atoms with Gasteiger partial charge in [-0.25, -0.2) is 4.98 Å². The van der Waals surface area contributed by atoms with Crippen molar-refractivity contribution >= 4 is 28.4 Å². The molecule has 38 heavy (non-hydrogen) atoms. The number of hydrogen-bond acceptors (Lipinski definition) is 5. The van der Waals surface area contributed by atoms with Gasteiger partial charge < -0.3 is 19.9 Å².